The molecule has 0 saturated heterocycles. The molecule has 0 bridgehead atoms. The topological polar surface area (TPSA) is 41.6 Å². The quantitative estimate of drug-likeness (QED) is 0.573. The Morgan fingerprint density at radius 1 is 1.31 bits per heavy atom. The summed E-state index contributed by atoms with van der Waals surface area (Å²) in [5.74, 6) is 1.71. The zero-order valence-corrected chi connectivity index (χ0v) is 10.7. The molecule has 0 aromatic carbocycles. The second-order valence-corrected chi connectivity index (χ2v) is 5.34. The van der Waals surface area contributed by atoms with Crippen molar-refractivity contribution < 1.29 is 0 Å². The molecule has 3 nitrogen and oxygen atoms in total. The van der Waals surface area contributed by atoms with E-state index in [4.69, 9.17) is 5.73 Å². The Labute approximate surface area is 99.1 Å². The number of hydrogen-bond donors (Lipinski definition) is 1. The lowest BCUT2D eigenvalue weighted by Crippen LogP contribution is -2.40. The monoisotopic (exact) mass is 223 g/mol. The van der Waals surface area contributed by atoms with Crippen LogP contribution in [0.1, 0.15) is 46.0 Å². The molecule has 2 aliphatic carbocycles. The Hall–Kier alpha value is -0.730. The van der Waals surface area contributed by atoms with E-state index in [2.05, 4.69) is 23.7 Å². The highest BCUT2D eigenvalue weighted by atomic mass is 15.2. The van der Waals surface area contributed by atoms with E-state index in [1.165, 1.54) is 32.1 Å². The highest BCUT2D eigenvalue weighted by Crippen LogP contribution is 2.57. The van der Waals surface area contributed by atoms with Gasteiger partial charge < -0.3 is 10.6 Å². The number of nitrogens with zero attached hydrogens (tertiary/aromatic N) is 2. The minimum atomic E-state index is 0.553. The van der Waals surface area contributed by atoms with Crippen molar-refractivity contribution in [2.45, 2.75) is 46.0 Å². The Morgan fingerprint density at radius 2 is 1.94 bits per heavy atom. The van der Waals surface area contributed by atoms with Gasteiger partial charge in [0.1, 0.15) is 0 Å². The average molecular weight is 223 g/mol. The van der Waals surface area contributed by atoms with Crippen molar-refractivity contribution in [1.29, 1.82) is 0 Å². The normalized spacial score (nSPS) is 24.0. The summed E-state index contributed by atoms with van der Waals surface area (Å²) in [6, 6.07) is 0. The maximum Gasteiger partial charge on any atom is 0.191 e. The summed E-state index contributed by atoms with van der Waals surface area (Å²) in [5, 5.41) is 0. The van der Waals surface area contributed by atoms with E-state index in [-0.39, 0.29) is 0 Å². The summed E-state index contributed by atoms with van der Waals surface area (Å²) in [4.78, 5) is 6.78. The predicted octanol–water partition coefficient (Wildman–Crippen LogP) is 2.22. The molecule has 0 unspecified atom stereocenters. The van der Waals surface area contributed by atoms with Gasteiger partial charge in [-0.15, -0.1) is 0 Å². The van der Waals surface area contributed by atoms with Crippen molar-refractivity contribution >= 4 is 5.96 Å². The molecule has 0 radical (unpaired) electrons. The molecule has 0 atom stereocenters. The third-order valence-corrected chi connectivity index (χ3v) is 4.44. The van der Waals surface area contributed by atoms with Gasteiger partial charge in [0.25, 0.3) is 0 Å². The van der Waals surface area contributed by atoms with Gasteiger partial charge in [0.05, 0.1) is 0 Å². The SMILES string of the molecule is CCN(CC)C(N)=NCC1(C2CC2)CCC1. The summed E-state index contributed by atoms with van der Waals surface area (Å²) in [7, 11) is 0. The van der Waals surface area contributed by atoms with E-state index in [1.807, 2.05) is 0 Å². The summed E-state index contributed by atoms with van der Waals surface area (Å²) in [5.41, 5.74) is 6.57. The molecule has 2 N–H and O–H groups in total. The van der Waals surface area contributed by atoms with Crippen LogP contribution in [0.2, 0.25) is 0 Å². The summed E-state index contributed by atoms with van der Waals surface area (Å²) in [6.45, 7) is 7.16. The van der Waals surface area contributed by atoms with Crippen LogP contribution >= 0.6 is 0 Å². The maximum absolute atomic E-state index is 6.02. The first kappa shape index (κ1) is 11.7. The molecule has 16 heavy (non-hydrogen) atoms. The van der Waals surface area contributed by atoms with Crippen molar-refractivity contribution in [3.63, 3.8) is 0 Å². The van der Waals surface area contributed by atoms with Crippen molar-refractivity contribution in [2.24, 2.45) is 22.1 Å². The second kappa shape index (κ2) is 4.64. The Kier molecular flexibility index (Phi) is 3.41. The Bertz CT molecular complexity index is 260. The van der Waals surface area contributed by atoms with Gasteiger partial charge in [-0.1, -0.05) is 6.42 Å². The summed E-state index contributed by atoms with van der Waals surface area (Å²) in [6.07, 6.45) is 7.03. The van der Waals surface area contributed by atoms with Gasteiger partial charge in [0.2, 0.25) is 0 Å². The number of aliphatic imine (C=N–C) groups is 1. The molecule has 0 aromatic rings. The fourth-order valence-electron chi connectivity index (χ4n) is 2.91. The number of hydrogen-bond acceptors (Lipinski definition) is 1. The van der Waals surface area contributed by atoms with E-state index in [1.54, 1.807) is 0 Å². The molecule has 2 saturated carbocycles. The fourth-order valence-corrected chi connectivity index (χ4v) is 2.91. The minimum Gasteiger partial charge on any atom is -0.370 e. The highest BCUT2D eigenvalue weighted by Gasteiger charge is 2.48. The van der Waals surface area contributed by atoms with Crippen LogP contribution in [0.4, 0.5) is 0 Å². The molecule has 0 heterocycles. The maximum atomic E-state index is 6.02. The zero-order valence-electron chi connectivity index (χ0n) is 10.7. The molecule has 92 valence electrons. The average Bonchev–Trinajstić information content (AvgIpc) is 3.02. The van der Waals surface area contributed by atoms with E-state index in [9.17, 15) is 0 Å². The largest absolute Gasteiger partial charge is 0.370 e. The van der Waals surface area contributed by atoms with Crippen LogP contribution in [0, 0.1) is 11.3 Å². The smallest absolute Gasteiger partial charge is 0.191 e. The van der Waals surface area contributed by atoms with Crippen LogP contribution in [0.5, 0.6) is 0 Å². The molecule has 2 rings (SSSR count). The van der Waals surface area contributed by atoms with Crippen LogP contribution in [0.25, 0.3) is 0 Å². The van der Waals surface area contributed by atoms with E-state index in [0.29, 0.717) is 5.41 Å². The van der Waals surface area contributed by atoms with Crippen LogP contribution < -0.4 is 5.73 Å². The van der Waals surface area contributed by atoms with Crippen LogP contribution in [0.3, 0.4) is 0 Å². The summed E-state index contributed by atoms with van der Waals surface area (Å²) < 4.78 is 0. The van der Waals surface area contributed by atoms with Gasteiger partial charge in [-0.2, -0.15) is 0 Å². The van der Waals surface area contributed by atoms with E-state index >= 15 is 0 Å². The predicted molar refractivity (Wildman–Crippen MR) is 68.4 cm³/mol. The Balaban J connectivity index is 1.91. The van der Waals surface area contributed by atoms with Crippen molar-refractivity contribution in [3.8, 4) is 0 Å². The Morgan fingerprint density at radius 3 is 2.31 bits per heavy atom. The van der Waals surface area contributed by atoms with Gasteiger partial charge in [-0.05, 0) is 50.9 Å². The number of nitrogens with two attached hydrogens (primary N) is 1. The number of rotatable bonds is 5. The van der Waals surface area contributed by atoms with Crippen LogP contribution in [-0.4, -0.2) is 30.5 Å². The molecular formula is C13H25N3. The first-order chi connectivity index (χ1) is 7.72. The standard InChI is InChI=1S/C13H25N3/c1-3-16(4-2)12(14)15-10-13(8-5-9-13)11-6-7-11/h11H,3-10H2,1-2H3,(H2,14,15). The molecule has 0 spiro atoms. The number of guanidine groups is 1. The van der Waals surface area contributed by atoms with Crippen molar-refractivity contribution in [3.05, 3.63) is 0 Å². The van der Waals surface area contributed by atoms with Gasteiger partial charge in [-0.25, -0.2) is 0 Å². The molecule has 3 heteroatoms. The molecule has 0 aliphatic heterocycles. The molecule has 2 aliphatic rings. The van der Waals surface area contributed by atoms with E-state index in [0.717, 1.165) is 31.5 Å². The molecule has 0 aromatic heterocycles. The van der Waals surface area contributed by atoms with E-state index < -0.39 is 0 Å². The highest BCUT2D eigenvalue weighted by molar-refractivity contribution is 5.78. The van der Waals surface area contributed by atoms with Gasteiger partial charge in [0, 0.05) is 19.6 Å². The minimum absolute atomic E-state index is 0.553. The molecule has 0 amide bonds. The lowest BCUT2D eigenvalue weighted by molar-refractivity contribution is 0.113. The van der Waals surface area contributed by atoms with Gasteiger partial charge in [-0.3, -0.25) is 4.99 Å². The van der Waals surface area contributed by atoms with Crippen molar-refractivity contribution in [2.75, 3.05) is 19.6 Å². The lowest BCUT2D eigenvalue weighted by atomic mass is 9.65. The van der Waals surface area contributed by atoms with Gasteiger partial charge >= 0.3 is 0 Å². The lowest BCUT2D eigenvalue weighted by Gasteiger charge is -2.41. The summed E-state index contributed by atoms with van der Waals surface area (Å²) >= 11 is 0. The van der Waals surface area contributed by atoms with Crippen LogP contribution in [0.15, 0.2) is 4.99 Å². The van der Waals surface area contributed by atoms with Crippen LogP contribution in [-0.2, 0) is 0 Å². The zero-order chi connectivity index (χ0) is 11.6. The third kappa shape index (κ3) is 2.18. The van der Waals surface area contributed by atoms with Gasteiger partial charge in [0.15, 0.2) is 5.96 Å². The first-order valence-electron chi connectivity index (χ1n) is 6.76. The molecule has 2 fully saturated rings. The third-order valence-electron chi connectivity index (χ3n) is 4.44. The molecular weight excluding hydrogens is 198 g/mol. The second-order valence-electron chi connectivity index (χ2n) is 5.34. The fraction of sp³-hybridized carbons (Fsp3) is 0.923. The first-order valence-corrected chi connectivity index (χ1v) is 6.76. The van der Waals surface area contributed by atoms with Crippen molar-refractivity contribution in [1.82, 2.24) is 4.90 Å².